The van der Waals surface area contributed by atoms with E-state index in [4.69, 9.17) is 9.47 Å². The van der Waals surface area contributed by atoms with Crippen molar-refractivity contribution in [3.05, 3.63) is 0 Å². The molecule has 0 aromatic heterocycles. The lowest BCUT2D eigenvalue weighted by Crippen LogP contribution is -2.35. The summed E-state index contributed by atoms with van der Waals surface area (Å²) in [6, 6.07) is 0. The Bertz CT molecular complexity index is 152. The molecule has 1 heterocycles. The van der Waals surface area contributed by atoms with Gasteiger partial charge in [0, 0.05) is 17.4 Å². The second kappa shape index (κ2) is 6.81. The summed E-state index contributed by atoms with van der Waals surface area (Å²) < 4.78 is 11.3. The lowest BCUT2D eigenvalue weighted by molar-refractivity contribution is -0.186. The van der Waals surface area contributed by atoms with Gasteiger partial charge in [0.2, 0.25) is 0 Å². The Balaban J connectivity index is 2.11. The Kier molecular flexibility index (Phi) is 6.06. The molecule has 1 aliphatic heterocycles. The van der Waals surface area contributed by atoms with E-state index >= 15 is 0 Å². The molecule has 3 unspecified atom stereocenters. The van der Waals surface area contributed by atoms with Crippen LogP contribution in [0.3, 0.4) is 0 Å². The first kappa shape index (κ1) is 12.5. The molecule has 0 spiro atoms. The maximum Gasteiger partial charge on any atom is 0.160 e. The van der Waals surface area contributed by atoms with Gasteiger partial charge in [-0.05, 0) is 12.8 Å². The highest BCUT2D eigenvalue weighted by Gasteiger charge is 2.27. The summed E-state index contributed by atoms with van der Waals surface area (Å²) in [6.07, 6.45) is 4.83. The van der Waals surface area contributed by atoms with E-state index < -0.39 is 0 Å². The van der Waals surface area contributed by atoms with Crippen molar-refractivity contribution < 1.29 is 9.47 Å². The summed E-state index contributed by atoms with van der Waals surface area (Å²) in [5.41, 5.74) is 0. The smallest absolute Gasteiger partial charge is 0.160 e. The fourth-order valence-electron chi connectivity index (χ4n) is 1.71. The van der Waals surface area contributed by atoms with Crippen LogP contribution in [0.25, 0.3) is 0 Å². The summed E-state index contributed by atoms with van der Waals surface area (Å²) in [5, 5.41) is 0. The Labute approximate surface area is 95.5 Å². The second-order valence-electron chi connectivity index (χ2n) is 4.09. The SMILES string of the molecule is CCCCCOC1OCC(Br)CC1C. The van der Waals surface area contributed by atoms with Crippen molar-refractivity contribution in [1.82, 2.24) is 0 Å². The van der Waals surface area contributed by atoms with E-state index in [1.165, 1.54) is 12.8 Å². The maximum atomic E-state index is 5.70. The lowest BCUT2D eigenvalue weighted by Gasteiger charge is -2.31. The third-order valence-corrected chi connectivity index (χ3v) is 3.20. The average molecular weight is 265 g/mol. The van der Waals surface area contributed by atoms with Gasteiger partial charge in [-0.2, -0.15) is 0 Å². The summed E-state index contributed by atoms with van der Waals surface area (Å²) >= 11 is 3.57. The van der Waals surface area contributed by atoms with Crippen LogP contribution >= 0.6 is 15.9 Å². The molecule has 1 saturated heterocycles. The molecule has 0 aliphatic carbocycles. The van der Waals surface area contributed by atoms with E-state index in [-0.39, 0.29) is 6.29 Å². The van der Waals surface area contributed by atoms with Crippen molar-refractivity contribution in [2.75, 3.05) is 13.2 Å². The van der Waals surface area contributed by atoms with Crippen LogP contribution in [-0.4, -0.2) is 24.3 Å². The highest BCUT2D eigenvalue weighted by molar-refractivity contribution is 9.09. The molecule has 0 aromatic rings. The first-order chi connectivity index (χ1) is 6.74. The standard InChI is InChI=1S/C11H21BrO2/c1-3-4-5-6-13-11-9(2)7-10(12)8-14-11/h9-11H,3-8H2,1-2H3. The number of halogens is 1. The van der Waals surface area contributed by atoms with Gasteiger partial charge >= 0.3 is 0 Å². The van der Waals surface area contributed by atoms with Crippen LogP contribution in [0.15, 0.2) is 0 Å². The normalized spacial score (nSPS) is 33.2. The Morgan fingerprint density at radius 1 is 1.43 bits per heavy atom. The van der Waals surface area contributed by atoms with Crippen molar-refractivity contribution in [2.24, 2.45) is 5.92 Å². The molecule has 1 fully saturated rings. The zero-order valence-corrected chi connectivity index (χ0v) is 10.8. The van der Waals surface area contributed by atoms with Crippen molar-refractivity contribution in [1.29, 1.82) is 0 Å². The number of unbranched alkanes of at least 4 members (excludes halogenated alkanes) is 2. The van der Waals surface area contributed by atoms with Crippen LogP contribution in [0.5, 0.6) is 0 Å². The summed E-state index contributed by atoms with van der Waals surface area (Å²) in [7, 11) is 0. The molecule has 3 atom stereocenters. The predicted octanol–water partition coefficient (Wildman–Crippen LogP) is 3.34. The minimum Gasteiger partial charge on any atom is -0.352 e. The van der Waals surface area contributed by atoms with Gasteiger partial charge in [0.15, 0.2) is 6.29 Å². The number of ether oxygens (including phenoxy) is 2. The summed E-state index contributed by atoms with van der Waals surface area (Å²) in [6.45, 7) is 6.02. The van der Waals surface area contributed by atoms with Gasteiger partial charge in [-0.25, -0.2) is 0 Å². The van der Waals surface area contributed by atoms with Gasteiger partial charge in [-0.15, -0.1) is 0 Å². The van der Waals surface area contributed by atoms with E-state index in [2.05, 4.69) is 29.8 Å². The van der Waals surface area contributed by atoms with Crippen LogP contribution in [0, 0.1) is 5.92 Å². The van der Waals surface area contributed by atoms with Crippen LogP contribution in [0.2, 0.25) is 0 Å². The molecule has 0 aromatic carbocycles. The summed E-state index contributed by atoms with van der Waals surface area (Å²) in [5.74, 6) is 0.509. The van der Waals surface area contributed by atoms with E-state index in [0.717, 1.165) is 26.1 Å². The molecule has 84 valence electrons. The first-order valence-electron chi connectivity index (χ1n) is 5.61. The van der Waals surface area contributed by atoms with Gasteiger partial charge in [0.25, 0.3) is 0 Å². The first-order valence-corrected chi connectivity index (χ1v) is 6.53. The zero-order valence-electron chi connectivity index (χ0n) is 9.17. The zero-order chi connectivity index (χ0) is 10.4. The third-order valence-electron chi connectivity index (χ3n) is 2.56. The molecule has 1 aliphatic rings. The number of hydrogen-bond acceptors (Lipinski definition) is 2. The lowest BCUT2D eigenvalue weighted by atomic mass is 10.0. The molecule has 0 radical (unpaired) electrons. The van der Waals surface area contributed by atoms with Gasteiger partial charge in [-0.3, -0.25) is 0 Å². The molecule has 14 heavy (non-hydrogen) atoms. The minimum absolute atomic E-state index is 0.0284. The molecule has 2 nitrogen and oxygen atoms in total. The van der Waals surface area contributed by atoms with Crippen molar-refractivity contribution >= 4 is 15.9 Å². The largest absolute Gasteiger partial charge is 0.352 e. The molecule has 0 bridgehead atoms. The van der Waals surface area contributed by atoms with Crippen LogP contribution in [0.4, 0.5) is 0 Å². The van der Waals surface area contributed by atoms with Crippen molar-refractivity contribution in [2.45, 2.75) is 50.6 Å². The molecule has 0 amide bonds. The molecular weight excluding hydrogens is 244 g/mol. The predicted molar refractivity (Wildman–Crippen MR) is 61.7 cm³/mol. The monoisotopic (exact) mass is 264 g/mol. The van der Waals surface area contributed by atoms with E-state index in [1.807, 2.05) is 0 Å². The topological polar surface area (TPSA) is 18.5 Å². The third kappa shape index (κ3) is 4.28. The number of rotatable bonds is 5. The van der Waals surface area contributed by atoms with Crippen molar-refractivity contribution in [3.8, 4) is 0 Å². The van der Waals surface area contributed by atoms with Gasteiger partial charge in [0.1, 0.15) is 0 Å². The number of hydrogen-bond donors (Lipinski definition) is 0. The maximum absolute atomic E-state index is 5.70. The fraction of sp³-hybridized carbons (Fsp3) is 1.00. The number of alkyl halides is 1. The van der Waals surface area contributed by atoms with Crippen LogP contribution in [-0.2, 0) is 9.47 Å². The van der Waals surface area contributed by atoms with Gasteiger partial charge in [-0.1, -0.05) is 42.6 Å². The van der Waals surface area contributed by atoms with Gasteiger partial charge < -0.3 is 9.47 Å². The molecule has 0 saturated carbocycles. The molecule has 0 N–H and O–H groups in total. The highest BCUT2D eigenvalue weighted by atomic mass is 79.9. The van der Waals surface area contributed by atoms with E-state index in [9.17, 15) is 0 Å². The van der Waals surface area contributed by atoms with Gasteiger partial charge in [0.05, 0.1) is 6.61 Å². The minimum atomic E-state index is 0.0284. The second-order valence-corrected chi connectivity index (χ2v) is 5.38. The fourth-order valence-corrected chi connectivity index (χ4v) is 2.45. The highest BCUT2D eigenvalue weighted by Crippen LogP contribution is 2.25. The van der Waals surface area contributed by atoms with Crippen LogP contribution < -0.4 is 0 Å². The molecule has 1 rings (SSSR count). The van der Waals surface area contributed by atoms with Crippen molar-refractivity contribution in [3.63, 3.8) is 0 Å². The quantitative estimate of drug-likeness (QED) is 0.560. The van der Waals surface area contributed by atoms with E-state index in [0.29, 0.717) is 10.7 Å². The van der Waals surface area contributed by atoms with Crippen LogP contribution in [0.1, 0.15) is 39.5 Å². The molecule has 3 heteroatoms. The Hall–Kier alpha value is 0.400. The Morgan fingerprint density at radius 3 is 2.86 bits per heavy atom. The summed E-state index contributed by atoms with van der Waals surface area (Å²) in [4.78, 5) is 0.507. The Morgan fingerprint density at radius 2 is 2.21 bits per heavy atom. The molecular formula is C11H21BrO2. The average Bonchev–Trinajstić information content (AvgIpc) is 2.15. The van der Waals surface area contributed by atoms with E-state index in [1.54, 1.807) is 0 Å².